The molecule has 2 aromatic rings. The first-order valence-corrected chi connectivity index (χ1v) is 6.16. The van der Waals surface area contributed by atoms with Crippen LogP contribution in [0.3, 0.4) is 0 Å². The van der Waals surface area contributed by atoms with Gasteiger partial charge in [-0.25, -0.2) is 4.98 Å². The monoisotopic (exact) mass is 241 g/mol. The SMILES string of the molecule is O=c1c2c(ncn1Cc1ccccc1)CCNC2. The molecule has 0 aliphatic carbocycles. The minimum Gasteiger partial charge on any atom is -0.312 e. The van der Waals surface area contributed by atoms with E-state index in [1.165, 1.54) is 0 Å². The molecule has 1 aliphatic heterocycles. The van der Waals surface area contributed by atoms with Crippen molar-refractivity contribution in [3.8, 4) is 0 Å². The maximum absolute atomic E-state index is 12.3. The second-order valence-electron chi connectivity index (χ2n) is 4.52. The third-order valence-corrected chi connectivity index (χ3v) is 3.26. The van der Waals surface area contributed by atoms with Crippen LogP contribution in [0.15, 0.2) is 41.5 Å². The van der Waals surface area contributed by atoms with Crippen molar-refractivity contribution in [1.82, 2.24) is 14.9 Å². The van der Waals surface area contributed by atoms with Gasteiger partial charge in [-0.05, 0) is 5.56 Å². The molecule has 0 bridgehead atoms. The molecule has 4 nitrogen and oxygen atoms in total. The minimum absolute atomic E-state index is 0.0797. The van der Waals surface area contributed by atoms with Gasteiger partial charge >= 0.3 is 0 Å². The fraction of sp³-hybridized carbons (Fsp3) is 0.286. The fourth-order valence-corrected chi connectivity index (χ4v) is 2.27. The summed E-state index contributed by atoms with van der Waals surface area (Å²) in [6.45, 7) is 2.12. The molecule has 1 aromatic carbocycles. The van der Waals surface area contributed by atoms with E-state index in [9.17, 15) is 4.79 Å². The van der Waals surface area contributed by atoms with Crippen LogP contribution in [0.5, 0.6) is 0 Å². The summed E-state index contributed by atoms with van der Waals surface area (Å²) in [6.07, 6.45) is 2.51. The number of nitrogens with one attached hydrogen (secondary N) is 1. The van der Waals surface area contributed by atoms with E-state index in [2.05, 4.69) is 10.3 Å². The summed E-state index contributed by atoms with van der Waals surface area (Å²) in [5.74, 6) is 0. The number of rotatable bonds is 2. The Balaban J connectivity index is 1.96. The molecule has 1 aliphatic rings. The van der Waals surface area contributed by atoms with Crippen molar-refractivity contribution in [3.05, 3.63) is 63.8 Å². The molecule has 2 heterocycles. The van der Waals surface area contributed by atoms with Crippen LogP contribution in [0.2, 0.25) is 0 Å². The van der Waals surface area contributed by atoms with Crippen LogP contribution in [0.4, 0.5) is 0 Å². The molecule has 0 unspecified atom stereocenters. The van der Waals surface area contributed by atoms with Crippen molar-refractivity contribution in [2.45, 2.75) is 19.5 Å². The highest BCUT2D eigenvalue weighted by Crippen LogP contribution is 2.06. The molecular formula is C14H15N3O. The minimum atomic E-state index is 0.0797. The Kier molecular flexibility index (Phi) is 2.94. The van der Waals surface area contributed by atoms with E-state index in [-0.39, 0.29) is 5.56 Å². The molecule has 92 valence electrons. The van der Waals surface area contributed by atoms with Gasteiger partial charge in [0.2, 0.25) is 0 Å². The van der Waals surface area contributed by atoms with E-state index in [1.54, 1.807) is 10.9 Å². The quantitative estimate of drug-likeness (QED) is 0.851. The largest absolute Gasteiger partial charge is 0.312 e. The zero-order chi connectivity index (χ0) is 12.4. The number of hydrogen-bond donors (Lipinski definition) is 1. The molecule has 0 saturated carbocycles. The predicted molar refractivity (Wildman–Crippen MR) is 69.5 cm³/mol. The lowest BCUT2D eigenvalue weighted by atomic mass is 10.1. The van der Waals surface area contributed by atoms with Gasteiger partial charge in [0, 0.05) is 19.5 Å². The molecule has 18 heavy (non-hydrogen) atoms. The predicted octanol–water partition coefficient (Wildman–Crippen LogP) is 0.937. The summed E-state index contributed by atoms with van der Waals surface area (Å²) in [6, 6.07) is 9.97. The molecule has 0 saturated heterocycles. The van der Waals surface area contributed by atoms with Crippen molar-refractivity contribution in [2.24, 2.45) is 0 Å². The Morgan fingerprint density at radius 1 is 1.28 bits per heavy atom. The Bertz CT molecular complexity index is 604. The summed E-state index contributed by atoms with van der Waals surface area (Å²) in [5, 5.41) is 3.22. The first kappa shape index (κ1) is 11.2. The van der Waals surface area contributed by atoms with E-state index in [1.807, 2.05) is 30.3 Å². The molecule has 0 atom stereocenters. The number of nitrogens with zero attached hydrogens (tertiary/aromatic N) is 2. The van der Waals surface area contributed by atoms with Crippen LogP contribution in [0, 0.1) is 0 Å². The van der Waals surface area contributed by atoms with Crippen LogP contribution in [-0.4, -0.2) is 16.1 Å². The molecule has 0 radical (unpaired) electrons. The van der Waals surface area contributed by atoms with Crippen molar-refractivity contribution in [2.75, 3.05) is 6.54 Å². The van der Waals surface area contributed by atoms with Gasteiger partial charge in [0.05, 0.1) is 24.1 Å². The average molecular weight is 241 g/mol. The third kappa shape index (κ3) is 2.07. The lowest BCUT2D eigenvalue weighted by molar-refractivity contribution is 0.597. The summed E-state index contributed by atoms with van der Waals surface area (Å²) in [4.78, 5) is 16.7. The van der Waals surface area contributed by atoms with Crippen molar-refractivity contribution in [3.63, 3.8) is 0 Å². The maximum atomic E-state index is 12.3. The van der Waals surface area contributed by atoms with Gasteiger partial charge in [-0.2, -0.15) is 0 Å². The molecule has 0 spiro atoms. The van der Waals surface area contributed by atoms with Crippen LogP contribution in [0.1, 0.15) is 16.8 Å². The normalized spacial score (nSPS) is 14.2. The Labute approximate surface area is 105 Å². The molecular weight excluding hydrogens is 226 g/mol. The van der Waals surface area contributed by atoms with Gasteiger partial charge in [0.25, 0.3) is 5.56 Å². The first-order valence-electron chi connectivity index (χ1n) is 6.16. The lowest BCUT2D eigenvalue weighted by Gasteiger charge is -2.16. The molecule has 1 aromatic heterocycles. The number of hydrogen-bond acceptors (Lipinski definition) is 3. The summed E-state index contributed by atoms with van der Waals surface area (Å²) in [5.41, 5.74) is 2.96. The topological polar surface area (TPSA) is 46.9 Å². The summed E-state index contributed by atoms with van der Waals surface area (Å²) < 4.78 is 1.68. The maximum Gasteiger partial charge on any atom is 0.258 e. The van der Waals surface area contributed by atoms with Crippen molar-refractivity contribution < 1.29 is 0 Å². The molecule has 4 heteroatoms. The second kappa shape index (κ2) is 4.74. The van der Waals surface area contributed by atoms with Gasteiger partial charge < -0.3 is 5.32 Å². The highest BCUT2D eigenvalue weighted by atomic mass is 16.1. The van der Waals surface area contributed by atoms with Gasteiger partial charge in [0.15, 0.2) is 0 Å². The van der Waals surface area contributed by atoms with Gasteiger partial charge in [-0.3, -0.25) is 9.36 Å². The van der Waals surface area contributed by atoms with E-state index in [4.69, 9.17) is 0 Å². The van der Waals surface area contributed by atoms with Gasteiger partial charge in [0.1, 0.15) is 0 Å². The van der Waals surface area contributed by atoms with E-state index in [0.717, 1.165) is 29.8 Å². The van der Waals surface area contributed by atoms with Crippen LogP contribution < -0.4 is 10.9 Å². The summed E-state index contributed by atoms with van der Waals surface area (Å²) in [7, 11) is 0. The van der Waals surface area contributed by atoms with Gasteiger partial charge in [-0.1, -0.05) is 30.3 Å². The second-order valence-corrected chi connectivity index (χ2v) is 4.52. The average Bonchev–Trinajstić information content (AvgIpc) is 2.43. The van der Waals surface area contributed by atoms with Crippen LogP contribution in [0.25, 0.3) is 0 Å². The molecule has 0 fully saturated rings. The highest BCUT2D eigenvalue weighted by molar-refractivity contribution is 5.21. The Morgan fingerprint density at radius 3 is 2.94 bits per heavy atom. The van der Waals surface area contributed by atoms with Crippen LogP contribution in [-0.2, 0) is 19.5 Å². The van der Waals surface area contributed by atoms with E-state index < -0.39 is 0 Å². The van der Waals surface area contributed by atoms with E-state index in [0.29, 0.717) is 13.1 Å². The van der Waals surface area contributed by atoms with Crippen molar-refractivity contribution >= 4 is 0 Å². The number of fused-ring (bicyclic) bond motifs is 1. The standard InChI is InChI=1S/C14H15N3O/c18-14-12-8-15-7-6-13(12)16-10-17(14)9-11-4-2-1-3-5-11/h1-5,10,15H,6-9H2. The molecule has 1 N–H and O–H groups in total. The lowest BCUT2D eigenvalue weighted by Crippen LogP contribution is -2.34. The van der Waals surface area contributed by atoms with E-state index >= 15 is 0 Å². The zero-order valence-electron chi connectivity index (χ0n) is 10.1. The Morgan fingerprint density at radius 2 is 2.11 bits per heavy atom. The Hall–Kier alpha value is -1.94. The first-order chi connectivity index (χ1) is 8.84. The van der Waals surface area contributed by atoms with Crippen LogP contribution >= 0.6 is 0 Å². The highest BCUT2D eigenvalue weighted by Gasteiger charge is 2.14. The number of aromatic nitrogens is 2. The smallest absolute Gasteiger partial charge is 0.258 e. The van der Waals surface area contributed by atoms with Gasteiger partial charge in [-0.15, -0.1) is 0 Å². The molecule has 0 amide bonds. The number of benzene rings is 1. The van der Waals surface area contributed by atoms with Crippen molar-refractivity contribution in [1.29, 1.82) is 0 Å². The molecule has 3 rings (SSSR count). The summed E-state index contributed by atoms with van der Waals surface area (Å²) >= 11 is 0. The fourth-order valence-electron chi connectivity index (χ4n) is 2.27. The zero-order valence-corrected chi connectivity index (χ0v) is 10.1. The third-order valence-electron chi connectivity index (χ3n) is 3.26.